The van der Waals surface area contributed by atoms with Crippen molar-refractivity contribution in [3.63, 3.8) is 0 Å². The Labute approximate surface area is 115 Å². The molecule has 7 heteroatoms. The lowest BCUT2D eigenvalue weighted by Crippen LogP contribution is -2.17. The second-order valence-electron chi connectivity index (χ2n) is 4.57. The molecule has 1 aromatic carbocycles. The van der Waals surface area contributed by atoms with Crippen LogP contribution in [0.15, 0.2) is 18.2 Å². The van der Waals surface area contributed by atoms with E-state index in [9.17, 15) is 19.3 Å². The number of benzene rings is 1. The lowest BCUT2D eigenvalue weighted by molar-refractivity contribution is -0.387. The van der Waals surface area contributed by atoms with Gasteiger partial charge in [-0.05, 0) is 37.4 Å². The van der Waals surface area contributed by atoms with Gasteiger partial charge >= 0.3 is 11.7 Å². The molecule has 0 heterocycles. The van der Waals surface area contributed by atoms with Crippen molar-refractivity contribution >= 4 is 11.7 Å². The van der Waals surface area contributed by atoms with E-state index in [0.717, 1.165) is 18.6 Å². The predicted octanol–water partition coefficient (Wildman–Crippen LogP) is 2.11. The summed E-state index contributed by atoms with van der Waals surface area (Å²) < 4.78 is 13.5. The van der Waals surface area contributed by atoms with Crippen LogP contribution in [0.4, 0.5) is 10.1 Å². The summed E-state index contributed by atoms with van der Waals surface area (Å²) in [6.07, 6.45) is 2.02. The summed E-state index contributed by atoms with van der Waals surface area (Å²) in [7, 11) is 0. The van der Waals surface area contributed by atoms with Crippen molar-refractivity contribution < 1.29 is 19.2 Å². The van der Waals surface area contributed by atoms with E-state index >= 15 is 0 Å². The molecule has 6 nitrogen and oxygen atoms in total. The number of nitro benzene ring substituents is 1. The van der Waals surface area contributed by atoms with Crippen LogP contribution in [0.3, 0.4) is 0 Å². The molecule has 3 N–H and O–H groups in total. The topological polar surface area (TPSA) is 106 Å². The monoisotopic (exact) mass is 284 g/mol. The number of carboxylic acid groups (broad SMARTS) is 1. The zero-order valence-corrected chi connectivity index (χ0v) is 10.9. The van der Waals surface area contributed by atoms with E-state index in [2.05, 4.69) is 0 Å². The number of halogens is 1. The second-order valence-corrected chi connectivity index (χ2v) is 4.57. The average molecular weight is 284 g/mol. The molecular weight excluding hydrogens is 267 g/mol. The second kappa shape index (κ2) is 7.54. The van der Waals surface area contributed by atoms with Gasteiger partial charge in [0.1, 0.15) is 0 Å². The van der Waals surface area contributed by atoms with E-state index in [0.29, 0.717) is 24.9 Å². The van der Waals surface area contributed by atoms with Gasteiger partial charge in [0.25, 0.3) is 0 Å². The summed E-state index contributed by atoms with van der Waals surface area (Å²) in [5.41, 5.74) is 5.18. The minimum Gasteiger partial charge on any atom is -0.481 e. The van der Waals surface area contributed by atoms with Gasteiger partial charge in [-0.25, -0.2) is 0 Å². The fourth-order valence-electron chi connectivity index (χ4n) is 1.96. The van der Waals surface area contributed by atoms with Crippen LogP contribution in [0.2, 0.25) is 0 Å². The van der Waals surface area contributed by atoms with Crippen LogP contribution < -0.4 is 5.73 Å². The maximum atomic E-state index is 13.5. The summed E-state index contributed by atoms with van der Waals surface area (Å²) in [5, 5.41) is 19.6. The molecule has 0 saturated heterocycles. The average Bonchev–Trinajstić information content (AvgIpc) is 2.37. The zero-order valence-electron chi connectivity index (χ0n) is 10.9. The van der Waals surface area contributed by atoms with E-state index in [4.69, 9.17) is 10.8 Å². The van der Waals surface area contributed by atoms with Crippen LogP contribution in [-0.2, 0) is 11.2 Å². The first-order chi connectivity index (χ1) is 9.45. The van der Waals surface area contributed by atoms with Crippen LogP contribution in [0.1, 0.15) is 24.8 Å². The Kier molecular flexibility index (Phi) is 6.05. The normalized spacial score (nSPS) is 12.1. The highest BCUT2D eigenvalue weighted by molar-refractivity contribution is 5.70. The molecule has 110 valence electrons. The summed E-state index contributed by atoms with van der Waals surface area (Å²) in [6, 6.07) is 3.47. The molecule has 0 spiro atoms. The molecule has 1 aromatic rings. The highest BCUT2D eigenvalue weighted by atomic mass is 19.1. The van der Waals surface area contributed by atoms with E-state index in [1.165, 1.54) is 6.07 Å². The minimum absolute atomic E-state index is 0.148. The number of carboxylic acids is 1. The van der Waals surface area contributed by atoms with Gasteiger partial charge < -0.3 is 10.8 Å². The van der Waals surface area contributed by atoms with Crippen LogP contribution in [0, 0.1) is 21.8 Å². The molecule has 0 amide bonds. The maximum Gasteiger partial charge on any atom is 0.306 e. The summed E-state index contributed by atoms with van der Waals surface area (Å²) >= 11 is 0. The van der Waals surface area contributed by atoms with Gasteiger partial charge in [0.2, 0.25) is 5.82 Å². The van der Waals surface area contributed by atoms with Crippen molar-refractivity contribution in [1.82, 2.24) is 0 Å². The standard InChI is InChI=1S/C13H17FN2O4/c14-11-8-9(4-5-12(11)16(19)20)7-10(13(17)18)3-1-2-6-15/h4-5,8,10H,1-3,6-7,15H2,(H,17,18). The number of rotatable bonds is 8. The molecule has 0 aliphatic carbocycles. The van der Waals surface area contributed by atoms with Gasteiger partial charge in [-0.3, -0.25) is 14.9 Å². The largest absolute Gasteiger partial charge is 0.481 e. The predicted molar refractivity (Wildman–Crippen MR) is 70.8 cm³/mol. The first kappa shape index (κ1) is 16.0. The molecular formula is C13H17FN2O4. The van der Waals surface area contributed by atoms with Gasteiger partial charge in [-0.15, -0.1) is 0 Å². The van der Waals surface area contributed by atoms with Gasteiger partial charge in [0.05, 0.1) is 10.8 Å². The number of unbranched alkanes of at least 4 members (excludes halogenated alkanes) is 1. The molecule has 0 saturated carbocycles. The molecule has 0 radical (unpaired) electrons. The SMILES string of the molecule is NCCCCC(Cc1ccc([N+](=O)[O-])c(F)c1)C(=O)O. The molecule has 1 atom stereocenters. The van der Waals surface area contributed by atoms with Crippen molar-refractivity contribution in [3.8, 4) is 0 Å². The number of nitrogens with two attached hydrogens (primary N) is 1. The Morgan fingerprint density at radius 1 is 1.45 bits per heavy atom. The molecule has 0 bridgehead atoms. The third-order valence-electron chi connectivity index (χ3n) is 3.05. The first-order valence-corrected chi connectivity index (χ1v) is 6.31. The molecule has 1 rings (SSSR count). The summed E-state index contributed by atoms with van der Waals surface area (Å²) in [4.78, 5) is 20.8. The lowest BCUT2D eigenvalue weighted by atomic mass is 9.94. The molecule has 20 heavy (non-hydrogen) atoms. The summed E-state index contributed by atoms with van der Waals surface area (Å²) in [6.45, 7) is 0.499. The van der Waals surface area contributed by atoms with E-state index in [1.807, 2.05) is 0 Å². The van der Waals surface area contributed by atoms with Gasteiger partial charge in [-0.1, -0.05) is 12.5 Å². The minimum atomic E-state index is -0.958. The number of hydrogen-bond acceptors (Lipinski definition) is 4. The summed E-state index contributed by atoms with van der Waals surface area (Å²) in [5.74, 6) is -2.54. The smallest absolute Gasteiger partial charge is 0.306 e. The maximum absolute atomic E-state index is 13.5. The van der Waals surface area contributed by atoms with Gasteiger partial charge in [-0.2, -0.15) is 4.39 Å². The fourth-order valence-corrected chi connectivity index (χ4v) is 1.96. The van der Waals surface area contributed by atoms with Crippen molar-refractivity contribution in [2.75, 3.05) is 6.54 Å². The molecule has 0 aliphatic rings. The Morgan fingerprint density at radius 3 is 2.65 bits per heavy atom. The lowest BCUT2D eigenvalue weighted by Gasteiger charge is -2.12. The fraction of sp³-hybridized carbons (Fsp3) is 0.462. The number of nitrogens with zero attached hydrogens (tertiary/aromatic N) is 1. The quantitative estimate of drug-likeness (QED) is 0.432. The number of nitro groups is 1. The van der Waals surface area contributed by atoms with Crippen LogP contribution in [-0.4, -0.2) is 22.5 Å². The Morgan fingerprint density at radius 2 is 2.15 bits per heavy atom. The highest BCUT2D eigenvalue weighted by Gasteiger charge is 2.20. The third kappa shape index (κ3) is 4.58. The number of aliphatic carboxylic acids is 1. The van der Waals surface area contributed by atoms with Gasteiger partial charge in [0.15, 0.2) is 0 Å². The molecule has 0 fully saturated rings. The van der Waals surface area contributed by atoms with Crippen LogP contribution in [0.5, 0.6) is 0 Å². The molecule has 0 aliphatic heterocycles. The van der Waals surface area contributed by atoms with Crippen LogP contribution in [0.25, 0.3) is 0 Å². The Hall–Kier alpha value is -2.02. The zero-order chi connectivity index (χ0) is 15.1. The molecule has 1 unspecified atom stereocenters. The number of carbonyl (C=O) groups is 1. The van der Waals surface area contributed by atoms with Crippen molar-refractivity contribution in [2.24, 2.45) is 11.7 Å². The van der Waals surface area contributed by atoms with Crippen molar-refractivity contribution in [1.29, 1.82) is 0 Å². The number of hydrogen-bond donors (Lipinski definition) is 2. The van der Waals surface area contributed by atoms with Crippen LogP contribution >= 0.6 is 0 Å². The third-order valence-corrected chi connectivity index (χ3v) is 3.05. The highest BCUT2D eigenvalue weighted by Crippen LogP contribution is 2.21. The Balaban J connectivity index is 2.76. The van der Waals surface area contributed by atoms with E-state index in [-0.39, 0.29) is 6.42 Å². The van der Waals surface area contributed by atoms with Crippen molar-refractivity contribution in [2.45, 2.75) is 25.7 Å². The first-order valence-electron chi connectivity index (χ1n) is 6.31. The van der Waals surface area contributed by atoms with Crippen molar-refractivity contribution in [3.05, 3.63) is 39.7 Å². The van der Waals surface area contributed by atoms with E-state index in [1.54, 1.807) is 0 Å². The van der Waals surface area contributed by atoms with E-state index < -0.39 is 28.3 Å². The Bertz CT molecular complexity index is 493. The van der Waals surface area contributed by atoms with Gasteiger partial charge in [0, 0.05) is 6.07 Å². The molecule has 0 aromatic heterocycles.